The standard InChI is InChI=1S/C7H12N4O2S.C2HF3O2/c12-14(13,7-5-9-6-10-7)11-3-1-8-2-4-11;3-2(4,5)1(6)7/h5-6,8H,1-4H2,(H,9,10);(H,6,7). The molecule has 2 heterocycles. The molecule has 0 aromatic carbocycles. The first-order chi connectivity index (χ1) is 9.65. The van der Waals surface area contributed by atoms with Crippen LogP contribution in [0.15, 0.2) is 17.6 Å². The number of piperazine rings is 1. The molecule has 0 bridgehead atoms. The maximum absolute atomic E-state index is 11.9. The molecule has 120 valence electrons. The first-order valence-corrected chi connectivity index (χ1v) is 7.09. The summed E-state index contributed by atoms with van der Waals surface area (Å²) < 4.78 is 56.9. The molecule has 0 unspecified atom stereocenters. The summed E-state index contributed by atoms with van der Waals surface area (Å²) in [6, 6.07) is 0. The third-order valence-corrected chi connectivity index (χ3v) is 4.23. The summed E-state index contributed by atoms with van der Waals surface area (Å²) in [5.41, 5.74) is 0. The largest absolute Gasteiger partial charge is 0.490 e. The van der Waals surface area contributed by atoms with Gasteiger partial charge in [-0.25, -0.2) is 18.2 Å². The normalized spacial score (nSPS) is 16.9. The fourth-order valence-electron chi connectivity index (χ4n) is 1.41. The number of imidazole rings is 1. The van der Waals surface area contributed by atoms with Gasteiger partial charge in [-0.05, 0) is 0 Å². The van der Waals surface area contributed by atoms with Crippen molar-refractivity contribution in [2.75, 3.05) is 26.2 Å². The zero-order valence-electron chi connectivity index (χ0n) is 10.6. The first kappa shape index (κ1) is 17.4. The Morgan fingerprint density at radius 2 is 1.86 bits per heavy atom. The van der Waals surface area contributed by atoms with Crippen LogP contribution < -0.4 is 5.32 Å². The van der Waals surface area contributed by atoms with Gasteiger partial charge in [0.25, 0.3) is 10.0 Å². The average molecular weight is 330 g/mol. The summed E-state index contributed by atoms with van der Waals surface area (Å²) in [7, 11) is -3.34. The number of carboxylic acids is 1. The summed E-state index contributed by atoms with van der Waals surface area (Å²) in [4.78, 5) is 15.2. The van der Waals surface area contributed by atoms with Gasteiger partial charge in [0.2, 0.25) is 0 Å². The van der Waals surface area contributed by atoms with Gasteiger partial charge in [-0.3, -0.25) is 0 Å². The smallest absolute Gasteiger partial charge is 0.475 e. The average Bonchev–Trinajstić information content (AvgIpc) is 2.94. The number of aromatic amines is 1. The third kappa shape index (κ3) is 4.99. The number of hydrogen-bond acceptors (Lipinski definition) is 5. The van der Waals surface area contributed by atoms with Gasteiger partial charge in [0.05, 0.1) is 12.5 Å². The minimum absolute atomic E-state index is 0.166. The molecule has 2 rings (SSSR count). The zero-order valence-corrected chi connectivity index (χ0v) is 11.4. The number of nitrogens with one attached hydrogen (secondary N) is 2. The van der Waals surface area contributed by atoms with Crippen LogP contribution in [0.5, 0.6) is 0 Å². The second-order valence-corrected chi connectivity index (χ2v) is 5.78. The van der Waals surface area contributed by atoms with Crippen molar-refractivity contribution in [2.45, 2.75) is 11.2 Å². The highest BCUT2D eigenvalue weighted by Crippen LogP contribution is 2.13. The molecular formula is C9H13F3N4O4S. The van der Waals surface area contributed by atoms with E-state index in [-0.39, 0.29) is 5.03 Å². The number of H-pyrrole nitrogens is 1. The number of halogens is 3. The molecule has 1 saturated heterocycles. The lowest BCUT2D eigenvalue weighted by Crippen LogP contribution is -2.46. The van der Waals surface area contributed by atoms with Crippen molar-refractivity contribution >= 4 is 16.0 Å². The Kier molecular flexibility index (Phi) is 5.69. The molecule has 0 aliphatic carbocycles. The molecule has 0 radical (unpaired) electrons. The van der Waals surface area contributed by atoms with Crippen molar-refractivity contribution in [3.63, 3.8) is 0 Å². The number of rotatable bonds is 2. The Morgan fingerprint density at radius 1 is 1.33 bits per heavy atom. The van der Waals surface area contributed by atoms with Crippen molar-refractivity contribution in [1.82, 2.24) is 19.6 Å². The lowest BCUT2D eigenvalue weighted by Gasteiger charge is -2.25. The molecule has 12 heteroatoms. The second-order valence-electron chi connectivity index (χ2n) is 3.87. The molecule has 1 aliphatic heterocycles. The van der Waals surface area contributed by atoms with E-state index in [0.717, 1.165) is 0 Å². The van der Waals surface area contributed by atoms with Crippen molar-refractivity contribution in [3.8, 4) is 0 Å². The monoisotopic (exact) mass is 330 g/mol. The lowest BCUT2D eigenvalue weighted by atomic mass is 10.4. The Balaban J connectivity index is 0.000000270. The first-order valence-electron chi connectivity index (χ1n) is 5.65. The summed E-state index contributed by atoms with van der Waals surface area (Å²) in [6.45, 7) is 2.43. The van der Waals surface area contributed by atoms with Gasteiger partial charge in [-0.2, -0.15) is 17.5 Å². The zero-order chi connectivity index (χ0) is 16.1. The number of aromatic nitrogens is 2. The molecule has 8 nitrogen and oxygen atoms in total. The van der Waals surface area contributed by atoms with E-state index in [4.69, 9.17) is 9.90 Å². The number of aliphatic carboxylic acids is 1. The van der Waals surface area contributed by atoms with Gasteiger partial charge < -0.3 is 15.4 Å². The molecule has 0 atom stereocenters. The summed E-state index contributed by atoms with van der Waals surface area (Å²) >= 11 is 0. The fourth-order valence-corrected chi connectivity index (χ4v) is 2.75. The second kappa shape index (κ2) is 6.87. The van der Waals surface area contributed by atoms with Crippen LogP contribution >= 0.6 is 0 Å². The lowest BCUT2D eigenvalue weighted by molar-refractivity contribution is -0.192. The highest BCUT2D eigenvalue weighted by Gasteiger charge is 2.38. The van der Waals surface area contributed by atoms with Gasteiger partial charge in [-0.15, -0.1) is 0 Å². The summed E-state index contributed by atoms with van der Waals surface area (Å²) in [5.74, 6) is -2.76. The Bertz CT molecular complexity index is 552. The van der Waals surface area contributed by atoms with Crippen LogP contribution in [-0.4, -0.2) is 66.1 Å². The predicted octanol–water partition coefficient (Wildman–Crippen LogP) is -0.363. The molecule has 0 spiro atoms. The van der Waals surface area contributed by atoms with Crippen LogP contribution in [0, 0.1) is 0 Å². The van der Waals surface area contributed by atoms with Crippen molar-refractivity contribution < 1.29 is 31.5 Å². The van der Waals surface area contributed by atoms with E-state index < -0.39 is 22.2 Å². The molecule has 1 aromatic heterocycles. The van der Waals surface area contributed by atoms with Gasteiger partial charge in [0.1, 0.15) is 0 Å². The van der Waals surface area contributed by atoms with E-state index in [0.29, 0.717) is 26.2 Å². The maximum atomic E-state index is 11.9. The van der Waals surface area contributed by atoms with Crippen molar-refractivity contribution in [3.05, 3.63) is 12.5 Å². The fraction of sp³-hybridized carbons (Fsp3) is 0.556. The van der Waals surface area contributed by atoms with Gasteiger partial charge >= 0.3 is 12.1 Å². The quantitative estimate of drug-likeness (QED) is 0.682. The SMILES string of the molecule is O=C(O)C(F)(F)F.O=S(=O)(c1cnc[nH]1)N1CCNCC1. The number of alkyl halides is 3. The van der Waals surface area contributed by atoms with Crippen LogP contribution in [0.4, 0.5) is 13.2 Å². The van der Waals surface area contributed by atoms with Crippen LogP contribution in [0.25, 0.3) is 0 Å². The van der Waals surface area contributed by atoms with Crippen LogP contribution in [0.3, 0.4) is 0 Å². The van der Waals surface area contributed by atoms with E-state index in [9.17, 15) is 21.6 Å². The van der Waals surface area contributed by atoms with Gasteiger partial charge in [0, 0.05) is 26.2 Å². The number of sulfonamides is 1. The maximum Gasteiger partial charge on any atom is 0.490 e. The summed E-state index contributed by atoms with van der Waals surface area (Å²) in [5, 5.41) is 10.4. The van der Waals surface area contributed by atoms with Gasteiger partial charge in [0.15, 0.2) is 5.03 Å². The van der Waals surface area contributed by atoms with E-state index in [1.807, 2.05) is 0 Å². The Hall–Kier alpha value is -1.66. The molecular weight excluding hydrogens is 317 g/mol. The topological polar surface area (TPSA) is 115 Å². The van der Waals surface area contributed by atoms with Crippen LogP contribution in [0.1, 0.15) is 0 Å². The highest BCUT2D eigenvalue weighted by atomic mass is 32.2. The van der Waals surface area contributed by atoms with E-state index in [1.165, 1.54) is 16.8 Å². The van der Waals surface area contributed by atoms with E-state index >= 15 is 0 Å². The molecule has 0 saturated carbocycles. The molecule has 21 heavy (non-hydrogen) atoms. The number of hydrogen-bond donors (Lipinski definition) is 3. The number of carbonyl (C=O) groups is 1. The molecule has 1 aromatic rings. The minimum Gasteiger partial charge on any atom is -0.475 e. The van der Waals surface area contributed by atoms with Crippen LogP contribution in [-0.2, 0) is 14.8 Å². The van der Waals surface area contributed by atoms with Crippen LogP contribution in [0.2, 0.25) is 0 Å². The van der Waals surface area contributed by atoms with E-state index in [2.05, 4.69) is 15.3 Å². The van der Waals surface area contributed by atoms with Crippen molar-refractivity contribution in [1.29, 1.82) is 0 Å². The van der Waals surface area contributed by atoms with Gasteiger partial charge in [-0.1, -0.05) is 0 Å². The minimum atomic E-state index is -5.08. The Labute approximate surface area is 118 Å². The molecule has 3 N–H and O–H groups in total. The van der Waals surface area contributed by atoms with E-state index in [1.54, 1.807) is 0 Å². The predicted molar refractivity (Wildman–Crippen MR) is 63.9 cm³/mol. The molecule has 1 aliphatic rings. The third-order valence-electron chi connectivity index (χ3n) is 2.41. The highest BCUT2D eigenvalue weighted by molar-refractivity contribution is 7.89. The summed E-state index contributed by atoms with van der Waals surface area (Å²) in [6.07, 6.45) is -2.38. The Morgan fingerprint density at radius 3 is 2.24 bits per heavy atom. The molecule has 0 amide bonds. The van der Waals surface area contributed by atoms with Crippen molar-refractivity contribution in [2.24, 2.45) is 0 Å². The number of nitrogens with zero attached hydrogens (tertiary/aromatic N) is 2. The number of carboxylic acid groups (broad SMARTS) is 1. The molecule has 1 fully saturated rings.